The number of alkyl halides is 7. The number of benzene rings is 2. The van der Waals surface area contributed by atoms with Gasteiger partial charge in [-0.15, -0.1) is 13.2 Å². The zero-order valence-electron chi connectivity index (χ0n) is 23.3. The van der Waals surface area contributed by atoms with Crippen molar-refractivity contribution in [3.8, 4) is 11.5 Å². The molecule has 2 saturated carbocycles. The van der Waals surface area contributed by atoms with Crippen LogP contribution >= 0.6 is 0 Å². The molecule has 2 aliphatic carbocycles. The summed E-state index contributed by atoms with van der Waals surface area (Å²) in [4.78, 5) is 0. The van der Waals surface area contributed by atoms with Gasteiger partial charge < -0.3 is 14.2 Å². The van der Waals surface area contributed by atoms with E-state index in [9.17, 15) is 43.9 Å². The zero-order valence-corrected chi connectivity index (χ0v) is 23.3. The second kappa shape index (κ2) is 13.1. The predicted molar refractivity (Wildman–Crippen MR) is 135 cm³/mol. The number of aryl methyl sites for hydroxylation is 1. The predicted octanol–water partition coefficient (Wildman–Crippen LogP) is 10.1. The maximum Gasteiger partial charge on any atom is 0.573 e. The topological polar surface area (TPSA) is 27.7 Å². The van der Waals surface area contributed by atoms with Crippen LogP contribution in [-0.2, 0) is 17.3 Å². The molecule has 0 unspecified atom stereocenters. The van der Waals surface area contributed by atoms with Crippen LogP contribution in [0.15, 0.2) is 30.3 Å². The van der Waals surface area contributed by atoms with E-state index in [4.69, 9.17) is 4.74 Å². The minimum atomic E-state index is -5.38. The molecule has 2 aliphatic rings. The summed E-state index contributed by atoms with van der Waals surface area (Å²) in [6, 6.07) is 4.00. The Morgan fingerprint density at radius 3 is 1.77 bits per heavy atom. The molecule has 0 radical (unpaired) electrons. The first-order valence-electron chi connectivity index (χ1n) is 14.2. The molecule has 0 heterocycles. The van der Waals surface area contributed by atoms with E-state index in [1.807, 2.05) is 6.92 Å². The molecule has 0 bridgehead atoms. The Bertz CT molecular complexity index is 1210. The van der Waals surface area contributed by atoms with Gasteiger partial charge >= 0.3 is 18.6 Å². The molecule has 43 heavy (non-hydrogen) atoms. The smallest absolute Gasteiger partial charge is 0.432 e. The van der Waals surface area contributed by atoms with E-state index in [1.54, 1.807) is 0 Å². The van der Waals surface area contributed by atoms with E-state index in [0.29, 0.717) is 50.5 Å². The van der Waals surface area contributed by atoms with Gasteiger partial charge in [0, 0.05) is 12.1 Å². The molecule has 13 heteroatoms. The molecule has 4 rings (SSSR count). The highest BCUT2D eigenvalue weighted by Crippen LogP contribution is 2.46. The Balaban J connectivity index is 1.27. The number of hydrogen-bond donors (Lipinski definition) is 0. The highest BCUT2D eigenvalue weighted by molar-refractivity contribution is 5.35. The molecular formula is C30H32F10O3. The summed E-state index contributed by atoms with van der Waals surface area (Å²) in [5.41, 5.74) is -0.192. The van der Waals surface area contributed by atoms with Crippen LogP contribution in [0.1, 0.15) is 75.8 Å². The maximum absolute atomic E-state index is 14.8. The molecule has 0 N–H and O–H groups in total. The third-order valence-corrected chi connectivity index (χ3v) is 8.28. The van der Waals surface area contributed by atoms with E-state index in [-0.39, 0.29) is 36.8 Å². The third-order valence-electron chi connectivity index (χ3n) is 8.28. The van der Waals surface area contributed by atoms with Gasteiger partial charge in [-0.05, 0) is 87.3 Å². The molecule has 0 aliphatic heterocycles. The van der Waals surface area contributed by atoms with Crippen LogP contribution in [0, 0.1) is 35.2 Å². The Kier molecular flexibility index (Phi) is 10.1. The van der Waals surface area contributed by atoms with E-state index in [2.05, 4.69) is 9.47 Å². The van der Waals surface area contributed by atoms with Crippen molar-refractivity contribution in [3.05, 3.63) is 58.9 Å². The van der Waals surface area contributed by atoms with E-state index < -0.39 is 65.1 Å². The largest absolute Gasteiger partial charge is 0.573 e. The lowest BCUT2D eigenvalue weighted by atomic mass is 9.70. The van der Waals surface area contributed by atoms with Crippen molar-refractivity contribution in [2.75, 3.05) is 0 Å². The van der Waals surface area contributed by atoms with Crippen LogP contribution in [0.5, 0.6) is 11.5 Å². The van der Waals surface area contributed by atoms with Gasteiger partial charge in [-0.3, -0.25) is 0 Å². The van der Waals surface area contributed by atoms with Gasteiger partial charge in [0.15, 0.2) is 11.6 Å². The number of ether oxygens (including phenoxy) is 3. The van der Waals surface area contributed by atoms with Crippen molar-refractivity contribution in [1.82, 2.24) is 0 Å². The van der Waals surface area contributed by atoms with Crippen LogP contribution < -0.4 is 9.47 Å². The average molecular weight is 631 g/mol. The molecule has 2 fully saturated rings. The van der Waals surface area contributed by atoms with Crippen LogP contribution in [-0.4, -0.2) is 18.6 Å². The summed E-state index contributed by atoms with van der Waals surface area (Å²) in [5, 5.41) is 0. The summed E-state index contributed by atoms with van der Waals surface area (Å²) < 4.78 is 151. The fraction of sp³-hybridized carbons (Fsp3) is 0.600. The van der Waals surface area contributed by atoms with E-state index in [0.717, 1.165) is 18.6 Å². The SMILES string of the molecule is CCCc1ccc(C(F)(F)OC2CCC(C3CCC(C(F)(F)Oc4cc(F)c(OC(F)(F)F)c(F)c4)CC3)CC2)c(F)c1. The highest BCUT2D eigenvalue weighted by Gasteiger charge is 2.46. The monoisotopic (exact) mass is 630 g/mol. The molecule has 2 aromatic rings. The first kappa shape index (κ1) is 33.2. The van der Waals surface area contributed by atoms with Gasteiger partial charge in [-0.1, -0.05) is 19.4 Å². The number of rotatable bonds is 10. The normalized spacial score (nSPS) is 23.7. The number of halogens is 10. The molecule has 0 spiro atoms. The van der Waals surface area contributed by atoms with Gasteiger partial charge in [-0.25, -0.2) is 13.2 Å². The van der Waals surface area contributed by atoms with Crippen molar-refractivity contribution in [2.24, 2.45) is 17.8 Å². The average Bonchev–Trinajstić information content (AvgIpc) is 2.90. The Morgan fingerprint density at radius 1 is 0.698 bits per heavy atom. The molecule has 240 valence electrons. The lowest BCUT2D eigenvalue weighted by Gasteiger charge is -2.39. The number of hydrogen-bond acceptors (Lipinski definition) is 3. The van der Waals surface area contributed by atoms with Crippen LogP contribution in [0.25, 0.3) is 0 Å². The fourth-order valence-electron chi connectivity index (χ4n) is 6.17. The van der Waals surface area contributed by atoms with Gasteiger partial charge in [0.05, 0.1) is 17.6 Å². The summed E-state index contributed by atoms with van der Waals surface area (Å²) in [7, 11) is 0. The Hall–Kier alpha value is -2.70. The highest BCUT2D eigenvalue weighted by atomic mass is 19.4. The quantitative estimate of drug-likeness (QED) is 0.245. The van der Waals surface area contributed by atoms with Crippen molar-refractivity contribution in [1.29, 1.82) is 0 Å². The molecule has 3 nitrogen and oxygen atoms in total. The second-order valence-electron chi connectivity index (χ2n) is 11.3. The summed E-state index contributed by atoms with van der Waals surface area (Å²) in [5.74, 6) is -8.64. The Labute approximate surface area is 242 Å². The standard InChI is InChI=1S/C30H32F10O3/c1-2-3-17-4-13-23(24(31)14-17)29(36,37)41-21-11-7-19(8-12-21)18-5-9-20(10-6-18)28(34,35)42-22-15-25(32)27(26(33)16-22)43-30(38,39)40/h4,13-16,18-21H,2-3,5-12H2,1H3. The van der Waals surface area contributed by atoms with Crippen molar-refractivity contribution >= 4 is 0 Å². The van der Waals surface area contributed by atoms with Gasteiger partial charge in [0.1, 0.15) is 11.6 Å². The third kappa shape index (κ3) is 8.48. The van der Waals surface area contributed by atoms with Crippen molar-refractivity contribution in [2.45, 2.75) is 95.8 Å². The van der Waals surface area contributed by atoms with Gasteiger partial charge in [-0.2, -0.15) is 17.6 Å². The summed E-state index contributed by atoms with van der Waals surface area (Å²) >= 11 is 0. The minimum absolute atomic E-state index is 0.0136. The maximum atomic E-state index is 14.8. The molecule has 0 atom stereocenters. The fourth-order valence-corrected chi connectivity index (χ4v) is 6.17. The van der Waals surface area contributed by atoms with E-state index in [1.165, 1.54) is 6.07 Å². The van der Waals surface area contributed by atoms with Gasteiger partial charge in [0.2, 0.25) is 5.75 Å². The lowest BCUT2D eigenvalue weighted by Crippen LogP contribution is -2.39. The first-order valence-corrected chi connectivity index (χ1v) is 14.2. The summed E-state index contributed by atoms with van der Waals surface area (Å²) in [6.07, 6.45) is -10.0. The second-order valence-corrected chi connectivity index (χ2v) is 11.3. The lowest BCUT2D eigenvalue weighted by molar-refractivity contribution is -0.280. The zero-order chi connectivity index (χ0) is 31.6. The first-order chi connectivity index (χ1) is 20.1. The molecule has 0 amide bonds. The van der Waals surface area contributed by atoms with Gasteiger partial charge in [0.25, 0.3) is 0 Å². The van der Waals surface area contributed by atoms with Crippen LogP contribution in [0.4, 0.5) is 43.9 Å². The van der Waals surface area contributed by atoms with Crippen molar-refractivity contribution in [3.63, 3.8) is 0 Å². The van der Waals surface area contributed by atoms with Crippen LogP contribution in [0.3, 0.4) is 0 Å². The molecule has 0 saturated heterocycles. The van der Waals surface area contributed by atoms with Crippen molar-refractivity contribution < 1.29 is 58.1 Å². The van der Waals surface area contributed by atoms with E-state index >= 15 is 0 Å². The Morgan fingerprint density at radius 2 is 1.26 bits per heavy atom. The molecular weight excluding hydrogens is 598 g/mol. The molecule has 2 aromatic carbocycles. The minimum Gasteiger partial charge on any atom is -0.432 e. The van der Waals surface area contributed by atoms with Crippen LogP contribution in [0.2, 0.25) is 0 Å². The summed E-state index contributed by atoms with van der Waals surface area (Å²) in [6.45, 7) is 1.90. The molecule has 0 aromatic heterocycles.